The van der Waals surface area contributed by atoms with E-state index in [1.54, 1.807) is 4.68 Å². The number of amides is 1. The standard InChI is InChI=1S/C23H21BrN4O3/c1-15-19(14-27(25-15)18-8-3-2-4-9-18)20-13-21(16-6-5-7-17(24)12-16)28(26-20)22(29)10-11-23(30)31/h2-9,12,14,21H,10-11,13H2,1H3,(H,30,31)/t21-/m1/s1. The van der Waals surface area contributed by atoms with Crippen LogP contribution in [0, 0.1) is 6.92 Å². The van der Waals surface area contributed by atoms with Gasteiger partial charge in [0.15, 0.2) is 0 Å². The van der Waals surface area contributed by atoms with Gasteiger partial charge in [0, 0.05) is 29.1 Å². The lowest BCUT2D eigenvalue weighted by molar-refractivity contribution is -0.141. The first kappa shape index (κ1) is 21.0. The van der Waals surface area contributed by atoms with E-state index in [9.17, 15) is 9.59 Å². The fraction of sp³-hybridized carbons (Fsp3) is 0.217. The average molecular weight is 481 g/mol. The Balaban J connectivity index is 1.68. The number of carbonyl (C=O) groups excluding carboxylic acids is 1. The van der Waals surface area contributed by atoms with Gasteiger partial charge in [-0.15, -0.1) is 0 Å². The summed E-state index contributed by atoms with van der Waals surface area (Å²) in [7, 11) is 0. The van der Waals surface area contributed by atoms with E-state index in [0.717, 1.165) is 32.7 Å². The highest BCUT2D eigenvalue weighted by Crippen LogP contribution is 2.35. The topological polar surface area (TPSA) is 87.8 Å². The van der Waals surface area contributed by atoms with E-state index in [1.807, 2.05) is 67.7 Å². The Bertz CT molecular complexity index is 1160. The second kappa shape index (κ2) is 8.85. The van der Waals surface area contributed by atoms with E-state index in [4.69, 9.17) is 5.11 Å². The molecule has 0 saturated heterocycles. The molecule has 1 aromatic heterocycles. The number of carboxylic acids is 1. The first-order chi connectivity index (χ1) is 14.9. The van der Waals surface area contributed by atoms with Crippen LogP contribution in [0.25, 0.3) is 5.69 Å². The molecule has 0 fully saturated rings. The summed E-state index contributed by atoms with van der Waals surface area (Å²) in [5.41, 5.74) is 4.32. The van der Waals surface area contributed by atoms with E-state index < -0.39 is 5.97 Å². The number of aromatic nitrogens is 2. The number of hydrazone groups is 1. The number of carbonyl (C=O) groups is 2. The lowest BCUT2D eigenvalue weighted by Crippen LogP contribution is -2.27. The zero-order valence-corrected chi connectivity index (χ0v) is 18.5. The molecular formula is C23H21BrN4O3. The van der Waals surface area contributed by atoms with Gasteiger partial charge in [-0.25, -0.2) is 9.69 Å². The zero-order valence-electron chi connectivity index (χ0n) is 16.9. The second-order valence-electron chi connectivity index (χ2n) is 7.36. The Hall–Kier alpha value is -3.26. The number of hydrogen-bond acceptors (Lipinski definition) is 4. The molecule has 0 saturated carbocycles. The molecule has 1 aliphatic rings. The molecule has 7 nitrogen and oxygen atoms in total. The van der Waals surface area contributed by atoms with Crippen molar-refractivity contribution in [3.63, 3.8) is 0 Å². The first-order valence-electron chi connectivity index (χ1n) is 9.91. The van der Waals surface area contributed by atoms with Crippen molar-refractivity contribution in [2.45, 2.75) is 32.2 Å². The minimum Gasteiger partial charge on any atom is -0.481 e. The van der Waals surface area contributed by atoms with Gasteiger partial charge in [0.2, 0.25) is 5.91 Å². The Morgan fingerprint density at radius 2 is 1.90 bits per heavy atom. The number of aliphatic carboxylic acids is 1. The minimum atomic E-state index is -1.00. The third-order valence-corrected chi connectivity index (χ3v) is 5.68. The normalized spacial score (nSPS) is 15.7. The minimum absolute atomic E-state index is 0.0983. The maximum Gasteiger partial charge on any atom is 0.303 e. The maximum atomic E-state index is 12.8. The van der Waals surface area contributed by atoms with Crippen molar-refractivity contribution in [1.82, 2.24) is 14.8 Å². The molecule has 2 aromatic carbocycles. The van der Waals surface area contributed by atoms with Gasteiger partial charge in [-0.2, -0.15) is 10.2 Å². The monoisotopic (exact) mass is 480 g/mol. The molecule has 158 valence electrons. The molecule has 0 unspecified atom stereocenters. The smallest absolute Gasteiger partial charge is 0.303 e. The van der Waals surface area contributed by atoms with Gasteiger partial charge < -0.3 is 5.11 Å². The van der Waals surface area contributed by atoms with E-state index >= 15 is 0 Å². The highest BCUT2D eigenvalue weighted by Gasteiger charge is 2.34. The summed E-state index contributed by atoms with van der Waals surface area (Å²) < 4.78 is 2.71. The molecule has 0 spiro atoms. The van der Waals surface area contributed by atoms with Crippen LogP contribution in [0.15, 0.2) is 70.4 Å². The quantitative estimate of drug-likeness (QED) is 0.562. The van der Waals surface area contributed by atoms with Gasteiger partial charge in [0.1, 0.15) is 0 Å². The van der Waals surface area contributed by atoms with Crippen LogP contribution in [0.3, 0.4) is 0 Å². The second-order valence-corrected chi connectivity index (χ2v) is 8.28. The molecule has 1 atom stereocenters. The summed E-state index contributed by atoms with van der Waals surface area (Å²) >= 11 is 3.48. The van der Waals surface area contributed by atoms with E-state index in [-0.39, 0.29) is 24.8 Å². The lowest BCUT2D eigenvalue weighted by atomic mass is 9.98. The molecule has 3 aromatic rings. The number of carboxylic acid groups (broad SMARTS) is 1. The molecule has 31 heavy (non-hydrogen) atoms. The fourth-order valence-electron chi connectivity index (χ4n) is 3.66. The zero-order chi connectivity index (χ0) is 22.0. The molecule has 1 N–H and O–H groups in total. The maximum absolute atomic E-state index is 12.8. The summed E-state index contributed by atoms with van der Waals surface area (Å²) in [6.07, 6.45) is 2.12. The molecule has 0 radical (unpaired) electrons. The van der Waals surface area contributed by atoms with Crippen LogP contribution in [0.1, 0.15) is 42.1 Å². The summed E-state index contributed by atoms with van der Waals surface area (Å²) in [5.74, 6) is -1.31. The predicted molar refractivity (Wildman–Crippen MR) is 120 cm³/mol. The van der Waals surface area contributed by atoms with Crippen LogP contribution < -0.4 is 0 Å². The molecule has 0 bridgehead atoms. The summed E-state index contributed by atoms with van der Waals surface area (Å²) in [6.45, 7) is 1.92. The lowest BCUT2D eigenvalue weighted by Gasteiger charge is -2.22. The molecule has 2 heterocycles. The summed E-state index contributed by atoms with van der Waals surface area (Å²) in [4.78, 5) is 23.8. The van der Waals surface area contributed by atoms with Crippen LogP contribution in [-0.4, -0.2) is 37.5 Å². The molecule has 4 rings (SSSR count). The number of nitrogens with zero attached hydrogens (tertiary/aromatic N) is 4. The highest BCUT2D eigenvalue weighted by atomic mass is 79.9. The van der Waals surface area contributed by atoms with Crippen molar-refractivity contribution in [3.8, 4) is 5.69 Å². The summed E-state index contributed by atoms with van der Waals surface area (Å²) in [5, 5.41) is 19.7. The highest BCUT2D eigenvalue weighted by molar-refractivity contribution is 9.10. The average Bonchev–Trinajstić information content (AvgIpc) is 3.36. The van der Waals surface area contributed by atoms with Gasteiger partial charge in [0.05, 0.1) is 29.6 Å². The summed E-state index contributed by atoms with van der Waals surface area (Å²) in [6, 6.07) is 17.2. The van der Waals surface area contributed by atoms with Crippen LogP contribution >= 0.6 is 15.9 Å². The van der Waals surface area contributed by atoms with Crippen molar-refractivity contribution >= 4 is 33.5 Å². The number of benzene rings is 2. The van der Waals surface area contributed by atoms with E-state index in [2.05, 4.69) is 26.1 Å². The van der Waals surface area contributed by atoms with Crippen molar-refractivity contribution < 1.29 is 14.7 Å². The molecule has 8 heteroatoms. The number of aryl methyl sites for hydroxylation is 1. The van der Waals surface area contributed by atoms with Crippen LogP contribution in [0.5, 0.6) is 0 Å². The third-order valence-electron chi connectivity index (χ3n) is 5.18. The van der Waals surface area contributed by atoms with Gasteiger partial charge in [-0.05, 0) is 36.8 Å². The van der Waals surface area contributed by atoms with Gasteiger partial charge in [0.25, 0.3) is 0 Å². The Kier molecular flexibility index (Phi) is 5.99. The predicted octanol–water partition coefficient (Wildman–Crippen LogP) is 4.49. The van der Waals surface area contributed by atoms with Crippen molar-refractivity contribution in [3.05, 3.63) is 82.1 Å². The van der Waals surface area contributed by atoms with Gasteiger partial charge in [-0.3, -0.25) is 9.59 Å². The van der Waals surface area contributed by atoms with E-state index in [1.165, 1.54) is 5.01 Å². The Morgan fingerprint density at radius 3 is 2.61 bits per heavy atom. The first-order valence-corrected chi connectivity index (χ1v) is 10.7. The molecule has 0 aliphatic carbocycles. The molecule has 1 amide bonds. The number of hydrogen-bond donors (Lipinski definition) is 1. The number of para-hydroxylation sites is 1. The Morgan fingerprint density at radius 1 is 1.13 bits per heavy atom. The molecule has 1 aliphatic heterocycles. The van der Waals surface area contributed by atoms with Gasteiger partial charge >= 0.3 is 5.97 Å². The van der Waals surface area contributed by atoms with Crippen molar-refractivity contribution in [1.29, 1.82) is 0 Å². The molecular weight excluding hydrogens is 460 g/mol. The van der Waals surface area contributed by atoms with E-state index in [0.29, 0.717) is 6.42 Å². The number of rotatable bonds is 6. The van der Waals surface area contributed by atoms with Gasteiger partial charge in [-0.1, -0.05) is 46.3 Å². The Labute approximate surface area is 188 Å². The largest absolute Gasteiger partial charge is 0.481 e. The fourth-order valence-corrected chi connectivity index (χ4v) is 4.08. The van der Waals surface area contributed by atoms with Crippen LogP contribution in [-0.2, 0) is 9.59 Å². The third kappa shape index (κ3) is 4.59. The SMILES string of the molecule is Cc1nn(-c2ccccc2)cc1C1=NN(C(=O)CCC(=O)O)[C@@H](c2cccc(Br)c2)C1. The van der Waals surface area contributed by atoms with Crippen LogP contribution in [0.2, 0.25) is 0 Å². The van der Waals surface area contributed by atoms with Crippen LogP contribution in [0.4, 0.5) is 0 Å². The number of halogens is 1. The van der Waals surface area contributed by atoms with Crippen molar-refractivity contribution in [2.75, 3.05) is 0 Å². The van der Waals surface area contributed by atoms with Crippen molar-refractivity contribution in [2.24, 2.45) is 5.10 Å².